The number of hydrogen-bond acceptors (Lipinski definition) is 3. The van der Waals surface area contributed by atoms with Crippen molar-refractivity contribution < 1.29 is 0 Å². The Kier molecular flexibility index (Phi) is 3.88. The van der Waals surface area contributed by atoms with Gasteiger partial charge in [-0.05, 0) is 37.8 Å². The Bertz CT molecular complexity index is 312. The molecule has 1 aliphatic rings. The molecule has 16 heavy (non-hydrogen) atoms. The van der Waals surface area contributed by atoms with Crippen LogP contribution in [-0.2, 0) is 0 Å². The van der Waals surface area contributed by atoms with E-state index in [1.165, 1.54) is 25.7 Å². The van der Waals surface area contributed by atoms with Gasteiger partial charge in [-0.25, -0.2) is 9.97 Å². The van der Waals surface area contributed by atoms with Gasteiger partial charge in [0.25, 0.3) is 0 Å². The first-order chi connectivity index (χ1) is 7.81. The minimum absolute atomic E-state index is 0.394. The topological polar surface area (TPSA) is 37.8 Å². The number of hydrogen-bond donors (Lipinski definition) is 1. The van der Waals surface area contributed by atoms with E-state index in [-0.39, 0.29) is 0 Å². The maximum atomic E-state index is 4.38. The molecule has 3 heteroatoms. The lowest BCUT2D eigenvalue weighted by atomic mass is 9.78. The second-order valence-electron chi connectivity index (χ2n) is 4.93. The number of rotatable bonds is 3. The van der Waals surface area contributed by atoms with Gasteiger partial charge in [0.1, 0.15) is 6.33 Å². The number of nitrogens with one attached hydrogen (secondary N) is 1. The zero-order chi connectivity index (χ0) is 11.4. The van der Waals surface area contributed by atoms with Crippen LogP contribution >= 0.6 is 0 Å². The van der Waals surface area contributed by atoms with Crippen LogP contribution in [0.15, 0.2) is 18.6 Å². The summed E-state index contributed by atoms with van der Waals surface area (Å²) in [4.78, 5) is 8.36. The van der Waals surface area contributed by atoms with E-state index in [1.54, 1.807) is 6.33 Å². The molecule has 0 amide bonds. The van der Waals surface area contributed by atoms with Gasteiger partial charge in [0.2, 0.25) is 0 Å². The maximum absolute atomic E-state index is 4.38. The van der Waals surface area contributed by atoms with Crippen LogP contribution in [0.25, 0.3) is 0 Å². The minimum Gasteiger partial charge on any atom is -0.311 e. The standard InChI is InChI=1S/C13H21N3/c1-10-4-3-5-11(8-10)13(14-2)12-6-7-15-9-16-12/h6-7,9-11,13-14H,3-5,8H2,1-2H3. The van der Waals surface area contributed by atoms with Crippen LogP contribution in [-0.4, -0.2) is 17.0 Å². The summed E-state index contributed by atoms with van der Waals surface area (Å²) in [5.41, 5.74) is 1.14. The summed E-state index contributed by atoms with van der Waals surface area (Å²) >= 11 is 0. The van der Waals surface area contributed by atoms with Gasteiger partial charge in [-0.2, -0.15) is 0 Å². The lowest BCUT2D eigenvalue weighted by Gasteiger charge is -2.32. The molecular formula is C13H21N3. The zero-order valence-corrected chi connectivity index (χ0v) is 10.2. The Morgan fingerprint density at radius 1 is 1.44 bits per heavy atom. The molecule has 3 unspecified atom stereocenters. The summed E-state index contributed by atoms with van der Waals surface area (Å²) in [5, 5.41) is 3.42. The molecule has 0 aliphatic heterocycles. The van der Waals surface area contributed by atoms with E-state index in [0.29, 0.717) is 6.04 Å². The van der Waals surface area contributed by atoms with Crippen molar-refractivity contribution in [3.05, 3.63) is 24.3 Å². The van der Waals surface area contributed by atoms with Crippen LogP contribution < -0.4 is 5.32 Å². The van der Waals surface area contributed by atoms with Gasteiger partial charge in [-0.15, -0.1) is 0 Å². The first-order valence-electron chi connectivity index (χ1n) is 6.24. The van der Waals surface area contributed by atoms with Crippen LogP contribution in [0.1, 0.15) is 44.3 Å². The first kappa shape index (κ1) is 11.5. The Morgan fingerprint density at radius 3 is 2.94 bits per heavy atom. The number of aromatic nitrogens is 2. The van der Waals surface area contributed by atoms with Gasteiger partial charge in [-0.3, -0.25) is 0 Å². The van der Waals surface area contributed by atoms with Crippen molar-refractivity contribution in [2.75, 3.05) is 7.05 Å². The van der Waals surface area contributed by atoms with Gasteiger partial charge in [-0.1, -0.05) is 19.8 Å². The molecule has 2 rings (SSSR count). The fourth-order valence-corrected chi connectivity index (χ4v) is 2.89. The molecule has 1 N–H and O–H groups in total. The lowest BCUT2D eigenvalue weighted by molar-refractivity contribution is 0.227. The van der Waals surface area contributed by atoms with Crippen molar-refractivity contribution in [2.45, 2.75) is 38.6 Å². The van der Waals surface area contributed by atoms with Crippen LogP contribution in [0, 0.1) is 11.8 Å². The number of nitrogens with zero attached hydrogens (tertiary/aromatic N) is 2. The first-order valence-corrected chi connectivity index (χ1v) is 6.24. The highest BCUT2D eigenvalue weighted by molar-refractivity contribution is 5.06. The monoisotopic (exact) mass is 219 g/mol. The second-order valence-corrected chi connectivity index (χ2v) is 4.93. The van der Waals surface area contributed by atoms with Gasteiger partial charge in [0.15, 0.2) is 0 Å². The third-order valence-electron chi connectivity index (χ3n) is 3.68. The third kappa shape index (κ3) is 2.59. The quantitative estimate of drug-likeness (QED) is 0.849. The molecule has 1 aliphatic carbocycles. The molecule has 0 radical (unpaired) electrons. The Labute approximate surface area is 97.7 Å². The summed E-state index contributed by atoms with van der Waals surface area (Å²) in [6.07, 6.45) is 8.85. The summed E-state index contributed by atoms with van der Waals surface area (Å²) < 4.78 is 0. The minimum atomic E-state index is 0.394. The van der Waals surface area contributed by atoms with E-state index in [9.17, 15) is 0 Å². The molecule has 0 saturated heterocycles. The summed E-state index contributed by atoms with van der Waals surface area (Å²) in [5.74, 6) is 1.58. The van der Waals surface area contributed by atoms with E-state index in [0.717, 1.165) is 17.5 Å². The molecule has 1 aromatic rings. The predicted molar refractivity (Wildman–Crippen MR) is 65.0 cm³/mol. The molecule has 1 saturated carbocycles. The Morgan fingerprint density at radius 2 is 2.31 bits per heavy atom. The molecule has 1 fully saturated rings. The molecule has 0 aromatic carbocycles. The molecule has 0 bridgehead atoms. The second kappa shape index (κ2) is 5.39. The largest absolute Gasteiger partial charge is 0.311 e. The Balaban J connectivity index is 2.10. The highest BCUT2D eigenvalue weighted by Crippen LogP contribution is 2.36. The van der Waals surface area contributed by atoms with Crippen molar-refractivity contribution in [2.24, 2.45) is 11.8 Å². The molecular weight excluding hydrogens is 198 g/mol. The van der Waals surface area contributed by atoms with E-state index in [4.69, 9.17) is 0 Å². The lowest BCUT2D eigenvalue weighted by Crippen LogP contribution is -2.29. The fourth-order valence-electron chi connectivity index (χ4n) is 2.89. The summed E-state index contributed by atoms with van der Waals surface area (Å²) in [6.45, 7) is 2.36. The molecule has 88 valence electrons. The average molecular weight is 219 g/mol. The third-order valence-corrected chi connectivity index (χ3v) is 3.68. The van der Waals surface area contributed by atoms with Crippen LogP contribution in [0.2, 0.25) is 0 Å². The zero-order valence-electron chi connectivity index (χ0n) is 10.2. The Hall–Kier alpha value is -0.960. The van der Waals surface area contributed by atoms with Crippen LogP contribution in [0.5, 0.6) is 0 Å². The molecule has 1 heterocycles. The SMILES string of the molecule is CNC(c1ccncn1)C1CCCC(C)C1. The smallest absolute Gasteiger partial charge is 0.115 e. The average Bonchev–Trinajstić information content (AvgIpc) is 2.31. The summed E-state index contributed by atoms with van der Waals surface area (Å²) in [7, 11) is 2.03. The van der Waals surface area contributed by atoms with Crippen molar-refractivity contribution in [1.82, 2.24) is 15.3 Å². The molecule has 3 atom stereocenters. The van der Waals surface area contributed by atoms with Gasteiger partial charge >= 0.3 is 0 Å². The van der Waals surface area contributed by atoms with E-state index in [2.05, 4.69) is 22.2 Å². The van der Waals surface area contributed by atoms with E-state index >= 15 is 0 Å². The van der Waals surface area contributed by atoms with Gasteiger partial charge < -0.3 is 5.32 Å². The predicted octanol–water partition coefficient (Wildman–Crippen LogP) is 2.56. The maximum Gasteiger partial charge on any atom is 0.115 e. The van der Waals surface area contributed by atoms with E-state index < -0.39 is 0 Å². The van der Waals surface area contributed by atoms with Crippen molar-refractivity contribution in [3.8, 4) is 0 Å². The van der Waals surface area contributed by atoms with Gasteiger partial charge in [0.05, 0.1) is 11.7 Å². The van der Waals surface area contributed by atoms with Crippen LogP contribution in [0.3, 0.4) is 0 Å². The molecule has 0 spiro atoms. The fraction of sp³-hybridized carbons (Fsp3) is 0.692. The van der Waals surface area contributed by atoms with Gasteiger partial charge in [0, 0.05) is 6.20 Å². The normalized spacial score (nSPS) is 27.6. The van der Waals surface area contributed by atoms with E-state index in [1.807, 2.05) is 19.3 Å². The molecule has 1 aromatic heterocycles. The summed E-state index contributed by atoms with van der Waals surface area (Å²) in [6, 6.07) is 2.42. The van der Waals surface area contributed by atoms with Crippen molar-refractivity contribution in [1.29, 1.82) is 0 Å². The highest BCUT2D eigenvalue weighted by Gasteiger charge is 2.27. The van der Waals surface area contributed by atoms with Crippen molar-refractivity contribution >= 4 is 0 Å². The highest BCUT2D eigenvalue weighted by atomic mass is 14.9. The van der Waals surface area contributed by atoms with Crippen molar-refractivity contribution in [3.63, 3.8) is 0 Å². The molecule has 3 nitrogen and oxygen atoms in total. The van der Waals surface area contributed by atoms with Crippen LogP contribution in [0.4, 0.5) is 0 Å².